The fourth-order valence-corrected chi connectivity index (χ4v) is 4.84. The van der Waals surface area contributed by atoms with Gasteiger partial charge >= 0.3 is 0 Å². The fraction of sp³-hybridized carbons (Fsp3) is 0.353. The maximum atomic E-state index is 13.2. The van der Waals surface area contributed by atoms with Gasteiger partial charge in [0.25, 0.3) is 10.0 Å². The van der Waals surface area contributed by atoms with Crippen LogP contribution in [0.1, 0.15) is 13.3 Å². The maximum Gasteiger partial charge on any atom is 0.263 e. The Balaban J connectivity index is 1.75. The standard InChI is InChI=1S/C17H19F2N3O2S2/c1-2-13-11-22(7-8-25-13)17-6-4-14(10-20-17)26(23,24)21-12-3-5-15(18)16(19)9-12/h3-6,9-10,13,21H,2,7-8,11H2,1H3. The normalized spacial score (nSPS) is 18.0. The predicted octanol–water partition coefficient (Wildman–Crippen LogP) is 3.49. The van der Waals surface area contributed by atoms with Gasteiger partial charge in [0.1, 0.15) is 10.7 Å². The van der Waals surface area contributed by atoms with Crippen LogP contribution in [0.15, 0.2) is 41.4 Å². The van der Waals surface area contributed by atoms with E-state index in [0.29, 0.717) is 5.25 Å². The number of nitrogens with zero attached hydrogens (tertiary/aromatic N) is 2. The average molecular weight is 399 g/mol. The van der Waals surface area contributed by atoms with Crippen LogP contribution in [0.2, 0.25) is 0 Å². The smallest absolute Gasteiger partial charge is 0.263 e. The number of aromatic nitrogens is 1. The molecule has 2 heterocycles. The first-order valence-electron chi connectivity index (χ1n) is 8.19. The Morgan fingerprint density at radius 2 is 2.08 bits per heavy atom. The van der Waals surface area contributed by atoms with Gasteiger partial charge in [-0.3, -0.25) is 4.72 Å². The van der Waals surface area contributed by atoms with Gasteiger partial charge in [0, 0.05) is 36.4 Å². The first-order valence-corrected chi connectivity index (χ1v) is 10.7. The summed E-state index contributed by atoms with van der Waals surface area (Å²) in [6.07, 6.45) is 2.35. The lowest BCUT2D eigenvalue weighted by Gasteiger charge is -2.32. The molecule has 1 aromatic heterocycles. The van der Waals surface area contributed by atoms with Crippen LogP contribution in [0.3, 0.4) is 0 Å². The van der Waals surface area contributed by atoms with Crippen molar-refractivity contribution in [1.29, 1.82) is 0 Å². The molecule has 0 amide bonds. The summed E-state index contributed by atoms with van der Waals surface area (Å²) in [5.74, 6) is -0.413. The monoisotopic (exact) mass is 399 g/mol. The van der Waals surface area contributed by atoms with Gasteiger partial charge < -0.3 is 4.90 Å². The van der Waals surface area contributed by atoms with Gasteiger partial charge in [-0.2, -0.15) is 11.8 Å². The van der Waals surface area contributed by atoms with Crippen molar-refractivity contribution in [2.45, 2.75) is 23.5 Å². The number of anilines is 2. The second-order valence-electron chi connectivity index (χ2n) is 5.93. The summed E-state index contributed by atoms with van der Waals surface area (Å²) in [6.45, 7) is 3.90. The average Bonchev–Trinajstić information content (AvgIpc) is 2.65. The molecule has 26 heavy (non-hydrogen) atoms. The minimum Gasteiger partial charge on any atom is -0.355 e. The van der Waals surface area contributed by atoms with E-state index < -0.39 is 21.7 Å². The second-order valence-corrected chi connectivity index (χ2v) is 9.02. The third-order valence-electron chi connectivity index (χ3n) is 4.12. The van der Waals surface area contributed by atoms with Crippen LogP contribution >= 0.6 is 11.8 Å². The third kappa shape index (κ3) is 4.27. The Morgan fingerprint density at radius 1 is 1.27 bits per heavy atom. The predicted molar refractivity (Wildman–Crippen MR) is 100 cm³/mol. The molecule has 5 nitrogen and oxygen atoms in total. The minimum absolute atomic E-state index is 0.0376. The van der Waals surface area contributed by atoms with E-state index in [-0.39, 0.29) is 10.6 Å². The number of nitrogens with one attached hydrogen (secondary N) is 1. The Bertz CT molecular complexity index is 876. The summed E-state index contributed by atoms with van der Waals surface area (Å²) in [5.41, 5.74) is -0.0492. The topological polar surface area (TPSA) is 62.3 Å². The zero-order valence-electron chi connectivity index (χ0n) is 14.2. The molecule has 0 bridgehead atoms. The summed E-state index contributed by atoms with van der Waals surface area (Å²) >= 11 is 1.94. The molecule has 1 unspecified atom stereocenters. The summed E-state index contributed by atoms with van der Waals surface area (Å²) in [7, 11) is -3.93. The lowest BCUT2D eigenvalue weighted by molar-refractivity contribution is 0.509. The zero-order valence-corrected chi connectivity index (χ0v) is 15.8. The maximum absolute atomic E-state index is 13.2. The number of hydrogen-bond acceptors (Lipinski definition) is 5. The summed E-state index contributed by atoms with van der Waals surface area (Å²) in [5, 5.41) is 0.545. The van der Waals surface area contributed by atoms with Crippen LogP contribution in [0.25, 0.3) is 0 Å². The third-order valence-corrected chi connectivity index (χ3v) is 6.86. The highest BCUT2D eigenvalue weighted by molar-refractivity contribution is 8.00. The molecular weight excluding hydrogens is 380 g/mol. The van der Waals surface area contributed by atoms with Crippen LogP contribution in [0, 0.1) is 11.6 Å². The molecule has 1 N–H and O–H groups in total. The molecule has 0 radical (unpaired) electrons. The first kappa shape index (κ1) is 18.9. The summed E-state index contributed by atoms with van der Waals surface area (Å²) in [6, 6.07) is 5.96. The van der Waals surface area contributed by atoms with Crippen LogP contribution < -0.4 is 9.62 Å². The van der Waals surface area contributed by atoms with E-state index in [2.05, 4.69) is 21.5 Å². The number of rotatable bonds is 5. The molecule has 0 spiro atoms. The highest BCUT2D eigenvalue weighted by atomic mass is 32.2. The Kier molecular flexibility index (Phi) is 5.67. The molecule has 0 aliphatic carbocycles. The molecule has 1 atom stereocenters. The number of sulfonamides is 1. The van der Waals surface area contributed by atoms with Gasteiger partial charge in [0.2, 0.25) is 0 Å². The lowest BCUT2D eigenvalue weighted by atomic mass is 10.3. The number of pyridine rings is 1. The summed E-state index contributed by atoms with van der Waals surface area (Å²) in [4.78, 5) is 6.38. The van der Waals surface area contributed by atoms with E-state index in [4.69, 9.17) is 0 Å². The van der Waals surface area contributed by atoms with E-state index in [9.17, 15) is 17.2 Å². The van der Waals surface area contributed by atoms with Crippen molar-refractivity contribution in [3.8, 4) is 0 Å². The fourth-order valence-electron chi connectivity index (χ4n) is 2.67. The Hall–Kier alpha value is -1.87. The highest BCUT2D eigenvalue weighted by Crippen LogP contribution is 2.25. The second kappa shape index (κ2) is 7.79. The van der Waals surface area contributed by atoms with Crippen LogP contribution in [-0.2, 0) is 10.0 Å². The van der Waals surface area contributed by atoms with Crippen molar-refractivity contribution in [1.82, 2.24) is 4.98 Å². The quantitative estimate of drug-likeness (QED) is 0.834. The van der Waals surface area contributed by atoms with Gasteiger partial charge in [-0.15, -0.1) is 0 Å². The number of thioether (sulfide) groups is 1. The van der Waals surface area contributed by atoms with E-state index in [1.807, 2.05) is 11.8 Å². The van der Waals surface area contributed by atoms with Gasteiger partial charge in [-0.1, -0.05) is 6.92 Å². The van der Waals surface area contributed by atoms with Crippen molar-refractivity contribution in [3.05, 3.63) is 48.2 Å². The van der Waals surface area contributed by atoms with E-state index in [0.717, 1.165) is 49.3 Å². The van der Waals surface area contributed by atoms with Crippen molar-refractivity contribution in [2.24, 2.45) is 0 Å². The number of benzene rings is 1. The van der Waals surface area contributed by atoms with Crippen molar-refractivity contribution >= 4 is 33.3 Å². The van der Waals surface area contributed by atoms with Crippen LogP contribution in [0.4, 0.5) is 20.3 Å². The number of hydrogen-bond donors (Lipinski definition) is 1. The van der Waals surface area contributed by atoms with E-state index in [1.165, 1.54) is 12.3 Å². The molecule has 1 aromatic carbocycles. The highest BCUT2D eigenvalue weighted by Gasteiger charge is 2.21. The van der Waals surface area contributed by atoms with Crippen LogP contribution in [-0.4, -0.2) is 37.5 Å². The van der Waals surface area contributed by atoms with Crippen molar-refractivity contribution in [3.63, 3.8) is 0 Å². The van der Waals surface area contributed by atoms with Crippen LogP contribution in [0.5, 0.6) is 0 Å². The number of halogens is 2. The zero-order chi connectivity index (χ0) is 18.7. The molecular formula is C17H19F2N3O2S2. The van der Waals surface area contributed by atoms with Gasteiger partial charge in [0.15, 0.2) is 11.6 Å². The molecule has 3 rings (SSSR count). The Morgan fingerprint density at radius 3 is 2.73 bits per heavy atom. The van der Waals surface area contributed by atoms with Gasteiger partial charge in [0.05, 0.1) is 5.69 Å². The van der Waals surface area contributed by atoms with Crippen molar-refractivity contribution < 1.29 is 17.2 Å². The molecule has 1 aliphatic heterocycles. The largest absolute Gasteiger partial charge is 0.355 e. The Labute approximate surface area is 155 Å². The van der Waals surface area contributed by atoms with E-state index in [1.54, 1.807) is 6.07 Å². The molecule has 1 fully saturated rings. The van der Waals surface area contributed by atoms with Gasteiger partial charge in [-0.25, -0.2) is 22.2 Å². The minimum atomic E-state index is -3.93. The van der Waals surface area contributed by atoms with Gasteiger partial charge in [-0.05, 0) is 30.7 Å². The lowest BCUT2D eigenvalue weighted by Crippen LogP contribution is -2.38. The molecule has 1 saturated heterocycles. The summed E-state index contributed by atoms with van der Waals surface area (Å²) < 4.78 is 53.2. The first-order chi connectivity index (χ1) is 12.4. The molecule has 1 aliphatic rings. The van der Waals surface area contributed by atoms with Crippen molar-refractivity contribution in [2.75, 3.05) is 28.5 Å². The molecule has 140 valence electrons. The molecule has 9 heteroatoms. The SMILES string of the molecule is CCC1CN(c2ccc(S(=O)(=O)Nc3ccc(F)c(F)c3)cn2)CCS1. The van der Waals surface area contributed by atoms with E-state index >= 15 is 0 Å². The molecule has 0 saturated carbocycles. The molecule has 2 aromatic rings.